The summed E-state index contributed by atoms with van der Waals surface area (Å²) in [7, 11) is 0. The van der Waals surface area contributed by atoms with Crippen molar-refractivity contribution in [3.8, 4) is 11.5 Å². The summed E-state index contributed by atoms with van der Waals surface area (Å²) in [4.78, 5) is 35.4. The predicted molar refractivity (Wildman–Crippen MR) is 250 cm³/mol. The second-order valence-corrected chi connectivity index (χ2v) is 20.0. The zero-order chi connectivity index (χ0) is 49.1. The van der Waals surface area contributed by atoms with Crippen LogP contribution >= 0.6 is 0 Å². The van der Waals surface area contributed by atoms with E-state index in [-0.39, 0.29) is 69.0 Å². The van der Waals surface area contributed by atoms with Gasteiger partial charge in [0.25, 0.3) is 0 Å². The van der Waals surface area contributed by atoms with Crippen LogP contribution in [0.25, 0.3) is 22.6 Å². The van der Waals surface area contributed by atoms with Crippen LogP contribution in [0.3, 0.4) is 0 Å². The summed E-state index contributed by atoms with van der Waals surface area (Å²) in [6, 6.07) is 20.3. The molecule has 7 rings (SSSR count). The average Bonchev–Trinajstić information content (AvgIpc) is 3.75. The van der Waals surface area contributed by atoms with Crippen LogP contribution in [0.1, 0.15) is 109 Å². The maximum absolute atomic E-state index is 15.1. The van der Waals surface area contributed by atoms with Gasteiger partial charge in [-0.2, -0.15) is 26.3 Å². The number of amides is 1. The van der Waals surface area contributed by atoms with Crippen molar-refractivity contribution in [3.05, 3.63) is 143 Å². The lowest BCUT2D eigenvalue weighted by atomic mass is 9.65. The summed E-state index contributed by atoms with van der Waals surface area (Å²) < 4.78 is 96.0. The first-order valence-electron chi connectivity index (χ1n) is 22.0. The number of nitrogens with zero attached hydrogens (tertiary/aromatic N) is 3. The molecule has 2 aliphatic rings. The Hall–Kier alpha value is -5.78. The van der Waals surface area contributed by atoms with Crippen LogP contribution in [-0.2, 0) is 20.4 Å². The zero-order valence-electron chi connectivity index (χ0n) is 39.6. The van der Waals surface area contributed by atoms with Crippen LogP contribution in [0.15, 0.2) is 119 Å². The maximum atomic E-state index is 15.1. The Kier molecular flexibility index (Phi) is 13.4. The molecule has 0 bridgehead atoms. The number of aliphatic imine (C=N–C) groups is 1. The molecule has 1 aliphatic carbocycles. The fourth-order valence-corrected chi connectivity index (χ4v) is 9.54. The molecule has 350 valence electrons. The normalized spacial score (nSPS) is 19.7. The van der Waals surface area contributed by atoms with E-state index in [1.165, 1.54) is 6.07 Å². The standard InChI is InChI=1S/C36H32F6N2O.C18H27NO2/c1-21-8-7-9-25(18-21)32-44-30-20-28(16-17-31(30)45-32)34(35(37,38)39,36(40,41)42)27-13-10-22(2)29(19-27)43-23(3)24-11-14-26(15-12-24)33(4,5)6;1-10(2)13-8-14-11(3)19(18(5,6)7)17(21)16(14)9-15(13)12(4)20/h7-20H,1-6H3;13-16H,1,3,8-9H2,2,4-7H3/t;13?,14?,15-,16-/m.0/s1. The van der Waals surface area contributed by atoms with Crippen molar-refractivity contribution in [2.45, 2.75) is 118 Å². The Labute approximate surface area is 383 Å². The fraction of sp³-hybridized carbons (Fsp3) is 0.407. The minimum atomic E-state index is -5.77. The lowest BCUT2D eigenvalue weighted by molar-refractivity contribution is -0.288. The van der Waals surface area contributed by atoms with Gasteiger partial charge >= 0.3 is 12.4 Å². The molecule has 0 spiro atoms. The smallest absolute Gasteiger partial charge is 0.411 e. The third-order valence-electron chi connectivity index (χ3n) is 13.1. The molecule has 6 nitrogen and oxygen atoms in total. The Morgan fingerprint density at radius 1 is 0.758 bits per heavy atom. The number of carbonyl (C=O) groups is 2. The van der Waals surface area contributed by atoms with E-state index in [2.05, 4.69) is 43.9 Å². The fourth-order valence-electron chi connectivity index (χ4n) is 9.54. The Balaban J connectivity index is 0.000000286. The zero-order valence-corrected chi connectivity index (χ0v) is 39.6. The van der Waals surface area contributed by atoms with E-state index in [4.69, 9.17) is 4.42 Å². The van der Waals surface area contributed by atoms with Crippen LogP contribution in [0.5, 0.6) is 0 Å². The quantitative estimate of drug-likeness (QED) is 0.0926. The van der Waals surface area contributed by atoms with Crippen molar-refractivity contribution >= 4 is 34.2 Å². The summed E-state index contributed by atoms with van der Waals surface area (Å²) in [6.07, 6.45) is -10.1. The molecule has 1 saturated heterocycles. The van der Waals surface area contributed by atoms with Crippen molar-refractivity contribution in [2.75, 3.05) is 0 Å². The molecular weight excluding hydrogens is 853 g/mol. The van der Waals surface area contributed by atoms with Gasteiger partial charge in [0.2, 0.25) is 17.2 Å². The molecule has 2 unspecified atom stereocenters. The van der Waals surface area contributed by atoms with E-state index in [1.807, 2.05) is 69.9 Å². The van der Waals surface area contributed by atoms with Gasteiger partial charge in [0.1, 0.15) is 11.3 Å². The second-order valence-electron chi connectivity index (χ2n) is 20.0. The van der Waals surface area contributed by atoms with Crippen LogP contribution in [0.2, 0.25) is 0 Å². The topological polar surface area (TPSA) is 75.8 Å². The Bertz CT molecular complexity index is 2660. The van der Waals surface area contributed by atoms with Gasteiger partial charge in [-0.1, -0.05) is 99.7 Å². The Morgan fingerprint density at radius 2 is 1.33 bits per heavy atom. The number of likely N-dealkylation sites (tertiary alicyclic amines) is 1. The largest absolute Gasteiger partial charge is 0.436 e. The highest BCUT2D eigenvalue weighted by Gasteiger charge is 2.72. The van der Waals surface area contributed by atoms with E-state index in [0.717, 1.165) is 59.1 Å². The molecule has 2 fully saturated rings. The molecule has 0 N–H and O–H groups in total. The van der Waals surface area contributed by atoms with Crippen molar-refractivity contribution in [3.63, 3.8) is 0 Å². The number of hydrogen-bond donors (Lipinski definition) is 0. The molecule has 2 heterocycles. The molecule has 4 aromatic carbocycles. The van der Waals surface area contributed by atoms with E-state index in [1.54, 1.807) is 39.0 Å². The monoisotopic (exact) mass is 911 g/mol. The first-order valence-corrected chi connectivity index (χ1v) is 22.0. The molecule has 1 aromatic heterocycles. The van der Waals surface area contributed by atoms with Gasteiger partial charge in [-0.25, -0.2) is 4.98 Å². The number of oxazole rings is 1. The van der Waals surface area contributed by atoms with Gasteiger partial charge in [-0.05, 0) is 138 Å². The summed E-state index contributed by atoms with van der Waals surface area (Å²) in [5.74, 6) is 0.593. The number of Topliss-reactive ketones (excluding diaryl/α,β-unsaturated/α-hetero) is 1. The van der Waals surface area contributed by atoms with Crippen LogP contribution < -0.4 is 0 Å². The number of rotatable bonds is 7. The summed E-state index contributed by atoms with van der Waals surface area (Å²) in [5, 5.41) is 0. The average molecular weight is 912 g/mol. The highest BCUT2D eigenvalue weighted by Crippen LogP contribution is 2.57. The minimum absolute atomic E-state index is 0.00650. The third-order valence-corrected chi connectivity index (χ3v) is 13.1. The lowest BCUT2D eigenvalue weighted by Gasteiger charge is -2.38. The lowest BCUT2D eigenvalue weighted by Crippen LogP contribution is -2.54. The SMILES string of the molecule is C=C(C)C1CC2C(=C)N(C(C)(C)C)C(=O)[C@H]2C[C@H]1C(C)=O.CC(=Nc1cc(C(c2ccc3oc(-c4cccc(C)c4)nc3c2)(C(F)(F)F)C(F)(F)F)ccc1C)c1ccc(C(C)(C)C)cc1. The minimum Gasteiger partial charge on any atom is -0.436 e. The third kappa shape index (κ3) is 9.42. The molecular formula is C54H59F6N3O3. The maximum Gasteiger partial charge on any atom is 0.411 e. The van der Waals surface area contributed by atoms with Crippen molar-refractivity contribution < 1.29 is 40.3 Å². The first kappa shape index (κ1) is 49.6. The highest BCUT2D eigenvalue weighted by atomic mass is 19.4. The van der Waals surface area contributed by atoms with Crippen molar-refractivity contribution in [1.82, 2.24) is 9.88 Å². The van der Waals surface area contributed by atoms with Crippen LogP contribution in [0, 0.1) is 37.5 Å². The summed E-state index contributed by atoms with van der Waals surface area (Å²) >= 11 is 0. The molecule has 4 atom stereocenters. The number of ketones is 1. The number of allylic oxidation sites excluding steroid dienone is 2. The number of carbonyl (C=O) groups excluding carboxylic acids is 2. The summed E-state index contributed by atoms with van der Waals surface area (Å²) in [5.41, 5.74) is -0.717. The van der Waals surface area contributed by atoms with Gasteiger partial charge in [0.15, 0.2) is 5.58 Å². The number of hydrogen-bond acceptors (Lipinski definition) is 5. The van der Waals surface area contributed by atoms with Crippen molar-refractivity contribution in [1.29, 1.82) is 0 Å². The predicted octanol–water partition coefficient (Wildman–Crippen LogP) is 14.5. The molecule has 0 radical (unpaired) electrons. The molecule has 66 heavy (non-hydrogen) atoms. The Morgan fingerprint density at radius 3 is 1.88 bits per heavy atom. The number of fused-ring (bicyclic) bond motifs is 2. The van der Waals surface area contributed by atoms with Gasteiger partial charge < -0.3 is 9.32 Å². The number of halogens is 6. The van der Waals surface area contributed by atoms with Gasteiger partial charge in [-0.3, -0.25) is 14.6 Å². The highest BCUT2D eigenvalue weighted by molar-refractivity contribution is 6.00. The first-order chi connectivity index (χ1) is 30.5. The molecule has 1 amide bonds. The van der Waals surface area contributed by atoms with E-state index in [0.29, 0.717) is 28.8 Å². The van der Waals surface area contributed by atoms with E-state index < -0.39 is 28.9 Å². The number of benzene rings is 4. The molecule has 12 heteroatoms. The molecule has 5 aromatic rings. The number of alkyl halides is 6. The molecule has 1 aliphatic heterocycles. The van der Waals surface area contributed by atoms with Crippen LogP contribution in [-0.4, -0.2) is 45.2 Å². The van der Waals surface area contributed by atoms with Crippen molar-refractivity contribution in [2.24, 2.45) is 28.7 Å². The van der Waals surface area contributed by atoms with Gasteiger partial charge in [-0.15, -0.1) is 0 Å². The number of aromatic nitrogens is 1. The van der Waals surface area contributed by atoms with Crippen LogP contribution in [0.4, 0.5) is 32.0 Å². The van der Waals surface area contributed by atoms with Gasteiger partial charge in [0, 0.05) is 40.3 Å². The van der Waals surface area contributed by atoms with Gasteiger partial charge in [0.05, 0.1) is 5.69 Å². The number of aryl methyl sites for hydroxylation is 2. The second kappa shape index (κ2) is 17.8. The summed E-state index contributed by atoms with van der Waals surface area (Å²) in [6.45, 7) is 29.3. The van der Waals surface area contributed by atoms with E-state index >= 15 is 26.3 Å². The van der Waals surface area contributed by atoms with E-state index in [9.17, 15) is 9.59 Å². The molecule has 1 saturated carbocycles.